The van der Waals surface area contributed by atoms with Gasteiger partial charge in [0.05, 0.1) is 6.54 Å². The molecule has 0 spiro atoms. The van der Waals surface area contributed by atoms with Crippen LogP contribution < -0.4 is 5.73 Å². The molecular formula is C6H6N4OS. The highest BCUT2D eigenvalue weighted by molar-refractivity contribution is 7.09. The fourth-order valence-corrected chi connectivity index (χ4v) is 1.28. The molecule has 0 aliphatic heterocycles. The molecule has 0 saturated carbocycles. The zero-order chi connectivity index (χ0) is 8.39. The van der Waals surface area contributed by atoms with E-state index in [0.717, 1.165) is 4.88 Å². The standard InChI is InChI=1S/C6H6N4OS/c7-3-5-9-10-6(11-5)4-1-2-8-12-4/h1-2H,3,7H2. The van der Waals surface area contributed by atoms with Crippen LogP contribution in [0.1, 0.15) is 5.89 Å². The van der Waals surface area contributed by atoms with Crippen molar-refractivity contribution in [1.29, 1.82) is 0 Å². The molecule has 62 valence electrons. The van der Waals surface area contributed by atoms with E-state index < -0.39 is 0 Å². The highest BCUT2D eigenvalue weighted by Gasteiger charge is 2.07. The van der Waals surface area contributed by atoms with Crippen LogP contribution in [0.2, 0.25) is 0 Å². The molecular weight excluding hydrogens is 176 g/mol. The summed E-state index contributed by atoms with van der Waals surface area (Å²) in [5, 5.41) is 7.53. The lowest BCUT2D eigenvalue weighted by Gasteiger charge is -1.83. The third-order valence-electron chi connectivity index (χ3n) is 1.29. The Balaban J connectivity index is 2.35. The molecule has 2 N–H and O–H groups in total. The van der Waals surface area contributed by atoms with Crippen molar-refractivity contribution in [2.75, 3.05) is 0 Å². The van der Waals surface area contributed by atoms with Gasteiger partial charge in [0.15, 0.2) is 0 Å². The van der Waals surface area contributed by atoms with Gasteiger partial charge in [-0.1, -0.05) is 0 Å². The minimum Gasteiger partial charge on any atom is -0.418 e. The molecule has 6 heteroatoms. The summed E-state index contributed by atoms with van der Waals surface area (Å²) in [6.45, 7) is 0.270. The van der Waals surface area contributed by atoms with Gasteiger partial charge in [-0.2, -0.15) is 0 Å². The van der Waals surface area contributed by atoms with E-state index >= 15 is 0 Å². The molecule has 0 radical (unpaired) electrons. The average molecular weight is 182 g/mol. The monoisotopic (exact) mass is 182 g/mol. The lowest BCUT2D eigenvalue weighted by atomic mass is 10.5. The summed E-state index contributed by atoms with van der Waals surface area (Å²) in [5.41, 5.74) is 5.31. The first-order valence-electron chi connectivity index (χ1n) is 3.33. The predicted octanol–water partition coefficient (Wildman–Crippen LogP) is 0.652. The van der Waals surface area contributed by atoms with Crippen LogP contribution in [0, 0.1) is 0 Å². The lowest BCUT2D eigenvalue weighted by Crippen LogP contribution is -1.95. The van der Waals surface area contributed by atoms with E-state index in [9.17, 15) is 0 Å². The average Bonchev–Trinajstić information content (AvgIpc) is 2.75. The fraction of sp³-hybridized carbons (Fsp3) is 0.167. The molecule has 0 amide bonds. The minimum atomic E-state index is 0.270. The second kappa shape index (κ2) is 3.00. The summed E-state index contributed by atoms with van der Waals surface area (Å²) >= 11 is 1.31. The number of rotatable bonds is 2. The van der Waals surface area contributed by atoms with Gasteiger partial charge >= 0.3 is 0 Å². The van der Waals surface area contributed by atoms with Crippen LogP contribution in [0.3, 0.4) is 0 Å². The van der Waals surface area contributed by atoms with Crippen LogP contribution in [0.4, 0.5) is 0 Å². The maximum Gasteiger partial charge on any atom is 0.259 e. The summed E-state index contributed by atoms with van der Waals surface area (Å²) in [6, 6.07) is 1.82. The SMILES string of the molecule is NCc1nnc(-c2ccns2)o1. The van der Waals surface area contributed by atoms with Crippen LogP contribution in [-0.4, -0.2) is 14.6 Å². The van der Waals surface area contributed by atoms with Gasteiger partial charge in [0.25, 0.3) is 5.89 Å². The summed E-state index contributed by atoms with van der Waals surface area (Å²) in [4.78, 5) is 0.863. The summed E-state index contributed by atoms with van der Waals surface area (Å²) in [5.74, 6) is 0.927. The molecule has 5 nitrogen and oxygen atoms in total. The Morgan fingerprint density at radius 1 is 1.50 bits per heavy atom. The molecule has 0 fully saturated rings. The Hall–Kier alpha value is -1.27. The first-order chi connectivity index (χ1) is 5.90. The Labute approximate surface area is 72.4 Å². The van der Waals surface area contributed by atoms with Crippen LogP contribution in [0.25, 0.3) is 10.8 Å². The van der Waals surface area contributed by atoms with Crippen molar-refractivity contribution in [2.24, 2.45) is 5.73 Å². The second-order valence-corrected chi connectivity index (χ2v) is 2.91. The van der Waals surface area contributed by atoms with E-state index in [1.54, 1.807) is 6.20 Å². The van der Waals surface area contributed by atoms with Crippen molar-refractivity contribution in [1.82, 2.24) is 14.6 Å². The number of nitrogens with zero attached hydrogens (tertiary/aromatic N) is 3. The maximum absolute atomic E-state index is 5.31. The quantitative estimate of drug-likeness (QED) is 0.737. The smallest absolute Gasteiger partial charge is 0.259 e. The number of hydrogen-bond donors (Lipinski definition) is 1. The summed E-state index contributed by atoms with van der Waals surface area (Å²) < 4.78 is 9.12. The van der Waals surface area contributed by atoms with Gasteiger partial charge < -0.3 is 10.2 Å². The first-order valence-corrected chi connectivity index (χ1v) is 4.11. The van der Waals surface area contributed by atoms with Gasteiger partial charge in [-0.05, 0) is 17.6 Å². The van der Waals surface area contributed by atoms with Crippen LogP contribution in [0.5, 0.6) is 0 Å². The Morgan fingerprint density at radius 3 is 3.00 bits per heavy atom. The van der Waals surface area contributed by atoms with Gasteiger partial charge in [0.2, 0.25) is 5.89 Å². The Kier molecular flexibility index (Phi) is 1.84. The number of hydrogen-bond acceptors (Lipinski definition) is 6. The number of aromatic nitrogens is 3. The molecule has 0 bridgehead atoms. The van der Waals surface area contributed by atoms with E-state index in [2.05, 4.69) is 14.6 Å². The zero-order valence-electron chi connectivity index (χ0n) is 6.10. The largest absolute Gasteiger partial charge is 0.418 e. The van der Waals surface area contributed by atoms with Crippen molar-refractivity contribution in [2.45, 2.75) is 6.54 Å². The van der Waals surface area contributed by atoms with Crippen LogP contribution in [-0.2, 0) is 6.54 Å². The molecule has 0 aliphatic carbocycles. The molecule has 2 aromatic rings. The molecule has 0 atom stereocenters. The Bertz CT molecular complexity index is 355. The van der Waals surface area contributed by atoms with Gasteiger partial charge in [0.1, 0.15) is 4.88 Å². The first kappa shape index (κ1) is 7.38. The van der Waals surface area contributed by atoms with Crippen molar-refractivity contribution in [3.8, 4) is 10.8 Å². The molecule has 0 aromatic carbocycles. The van der Waals surface area contributed by atoms with E-state index in [1.807, 2.05) is 6.07 Å². The van der Waals surface area contributed by atoms with E-state index in [0.29, 0.717) is 11.8 Å². The maximum atomic E-state index is 5.31. The van der Waals surface area contributed by atoms with Gasteiger partial charge in [-0.25, -0.2) is 4.37 Å². The van der Waals surface area contributed by atoms with E-state index in [-0.39, 0.29) is 6.54 Å². The van der Waals surface area contributed by atoms with Gasteiger partial charge in [-0.15, -0.1) is 10.2 Å². The third-order valence-corrected chi connectivity index (χ3v) is 2.02. The molecule has 0 aliphatic rings. The molecule has 2 heterocycles. The van der Waals surface area contributed by atoms with Crippen molar-refractivity contribution in [3.05, 3.63) is 18.2 Å². The molecule has 12 heavy (non-hydrogen) atoms. The highest BCUT2D eigenvalue weighted by Crippen LogP contribution is 2.20. The lowest BCUT2D eigenvalue weighted by molar-refractivity contribution is 0.509. The van der Waals surface area contributed by atoms with E-state index in [4.69, 9.17) is 10.2 Å². The minimum absolute atomic E-state index is 0.270. The fourth-order valence-electron chi connectivity index (χ4n) is 0.762. The third kappa shape index (κ3) is 1.21. The van der Waals surface area contributed by atoms with E-state index in [1.165, 1.54) is 11.5 Å². The van der Waals surface area contributed by atoms with Gasteiger partial charge in [-0.3, -0.25) is 0 Å². The van der Waals surface area contributed by atoms with Crippen molar-refractivity contribution < 1.29 is 4.42 Å². The van der Waals surface area contributed by atoms with Crippen LogP contribution in [0.15, 0.2) is 16.7 Å². The van der Waals surface area contributed by atoms with Crippen LogP contribution >= 0.6 is 11.5 Å². The predicted molar refractivity (Wildman–Crippen MR) is 43.3 cm³/mol. The molecule has 2 aromatic heterocycles. The molecule has 2 rings (SSSR count). The van der Waals surface area contributed by atoms with Gasteiger partial charge in [0, 0.05) is 6.20 Å². The Morgan fingerprint density at radius 2 is 2.42 bits per heavy atom. The topological polar surface area (TPSA) is 77.8 Å². The van der Waals surface area contributed by atoms with Crippen molar-refractivity contribution in [3.63, 3.8) is 0 Å². The summed E-state index contributed by atoms with van der Waals surface area (Å²) in [6.07, 6.45) is 1.69. The molecule has 0 unspecified atom stereocenters. The second-order valence-electron chi connectivity index (χ2n) is 2.08. The molecule has 0 saturated heterocycles. The number of nitrogens with two attached hydrogens (primary N) is 1. The van der Waals surface area contributed by atoms with Crippen molar-refractivity contribution >= 4 is 11.5 Å². The normalized spacial score (nSPS) is 10.4. The summed E-state index contributed by atoms with van der Waals surface area (Å²) in [7, 11) is 0. The zero-order valence-corrected chi connectivity index (χ0v) is 6.91. The highest BCUT2D eigenvalue weighted by atomic mass is 32.1.